The monoisotopic (exact) mass is 297 g/mol. The second kappa shape index (κ2) is 8.90. The third-order valence-electron chi connectivity index (χ3n) is 2.94. The van der Waals surface area contributed by atoms with Gasteiger partial charge < -0.3 is 11.5 Å². The number of hydrogen-bond donors (Lipinski definition) is 3. The summed E-state index contributed by atoms with van der Waals surface area (Å²) in [6.07, 6.45) is 5.65. The van der Waals surface area contributed by atoms with Gasteiger partial charge in [0.25, 0.3) is 0 Å². The molecule has 0 bridgehead atoms. The third-order valence-corrected chi connectivity index (χ3v) is 2.94. The van der Waals surface area contributed by atoms with Crippen LogP contribution in [0.5, 0.6) is 0 Å². The Balaban J connectivity index is 4.35. The molecule has 0 aromatic heterocycles. The van der Waals surface area contributed by atoms with Gasteiger partial charge >= 0.3 is 0 Å². The lowest BCUT2D eigenvalue weighted by atomic mass is 9.82. The van der Waals surface area contributed by atoms with E-state index in [2.05, 4.69) is 56.8 Å². The highest BCUT2D eigenvalue weighted by Crippen LogP contribution is 2.29. The fourth-order valence-electron chi connectivity index (χ4n) is 2.60. The molecule has 0 amide bonds. The van der Waals surface area contributed by atoms with Crippen LogP contribution in [0.2, 0.25) is 0 Å². The summed E-state index contributed by atoms with van der Waals surface area (Å²) in [5.74, 6) is 0.679. The number of nitrogens with one attached hydrogen (secondary N) is 1. The summed E-state index contributed by atoms with van der Waals surface area (Å²) >= 11 is 0. The van der Waals surface area contributed by atoms with Gasteiger partial charge in [0.15, 0.2) is 11.9 Å². The van der Waals surface area contributed by atoms with Crippen molar-refractivity contribution in [3.63, 3.8) is 0 Å². The van der Waals surface area contributed by atoms with Gasteiger partial charge in [-0.3, -0.25) is 10.3 Å². The molecule has 0 aliphatic carbocycles. The Morgan fingerprint density at radius 3 is 2.10 bits per heavy atom. The molecule has 0 spiro atoms. The quantitative estimate of drug-likeness (QED) is 0.383. The number of rotatable bonds is 7. The number of unbranched alkanes of at least 4 members (excludes halogenated alkanes) is 3. The summed E-state index contributed by atoms with van der Waals surface area (Å²) in [6.45, 7) is 13.7. The van der Waals surface area contributed by atoms with Crippen molar-refractivity contribution in [2.24, 2.45) is 26.9 Å². The van der Waals surface area contributed by atoms with E-state index in [4.69, 9.17) is 11.5 Å². The zero-order valence-corrected chi connectivity index (χ0v) is 14.8. The maximum Gasteiger partial charge on any atom is 0.195 e. The predicted octanol–water partition coefficient (Wildman–Crippen LogP) is 3.00. The van der Waals surface area contributed by atoms with Crippen molar-refractivity contribution in [1.29, 1.82) is 0 Å². The van der Waals surface area contributed by atoms with Gasteiger partial charge in [0.1, 0.15) is 0 Å². The van der Waals surface area contributed by atoms with Crippen LogP contribution in [-0.2, 0) is 0 Å². The van der Waals surface area contributed by atoms with Crippen LogP contribution < -0.4 is 16.8 Å². The molecule has 5 nitrogen and oxygen atoms in total. The van der Waals surface area contributed by atoms with Crippen LogP contribution in [0.4, 0.5) is 0 Å². The first-order valence-electron chi connectivity index (χ1n) is 7.98. The molecule has 21 heavy (non-hydrogen) atoms. The van der Waals surface area contributed by atoms with Crippen LogP contribution in [0.3, 0.4) is 0 Å². The van der Waals surface area contributed by atoms with Crippen molar-refractivity contribution in [3.05, 3.63) is 0 Å². The average molecular weight is 297 g/mol. The van der Waals surface area contributed by atoms with E-state index < -0.39 is 0 Å². The lowest BCUT2D eigenvalue weighted by Crippen LogP contribution is -2.43. The minimum absolute atomic E-state index is 0.201. The number of guanidine groups is 2. The van der Waals surface area contributed by atoms with Crippen LogP contribution in [0.1, 0.15) is 73.6 Å². The number of nitrogens with zero attached hydrogens (tertiary/aromatic N) is 2. The number of aliphatic imine (C=N–C) groups is 2. The second-order valence-corrected chi connectivity index (χ2v) is 7.50. The third kappa shape index (κ3) is 12.2. The Hall–Kier alpha value is -1.26. The number of nitrogens with two attached hydrogens (primary N) is 2. The molecule has 0 fully saturated rings. The standard InChI is InChI=1S/C16H35N5/c1-7-8-9-10-11-19-13(17)20-14(18)21-16(5,6)12-15(2,3)4/h7-12H2,1-6H3,(H5,17,18,19,20,21). The summed E-state index contributed by atoms with van der Waals surface area (Å²) in [5, 5.41) is 2.87. The fourth-order valence-corrected chi connectivity index (χ4v) is 2.60. The molecule has 0 radical (unpaired) electrons. The van der Waals surface area contributed by atoms with E-state index in [1.165, 1.54) is 19.3 Å². The van der Waals surface area contributed by atoms with E-state index in [0.717, 1.165) is 19.4 Å². The molecule has 0 heterocycles. The van der Waals surface area contributed by atoms with Gasteiger partial charge in [-0.25, -0.2) is 4.99 Å². The van der Waals surface area contributed by atoms with Gasteiger partial charge in [-0.15, -0.1) is 0 Å². The second-order valence-electron chi connectivity index (χ2n) is 7.50. The first-order valence-corrected chi connectivity index (χ1v) is 7.98. The molecule has 0 saturated carbocycles. The first-order chi connectivity index (χ1) is 9.56. The SMILES string of the molecule is CCCCCCN=C(N)NC(N)=NC(C)(C)CC(C)(C)C. The van der Waals surface area contributed by atoms with Crippen LogP contribution in [0, 0.1) is 5.41 Å². The van der Waals surface area contributed by atoms with E-state index in [1.54, 1.807) is 0 Å². The largest absolute Gasteiger partial charge is 0.370 e. The zero-order chi connectivity index (χ0) is 16.5. The van der Waals surface area contributed by atoms with Crippen molar-refractivity contribution in [2.45, 2.75) is 79.2 Å². The van der Waals surface area contributed by atoms with Gasteiger partial charge in [-0.2, -0.15) is 0 Å². The molecule has 0 aromatic carbocycles. The molecule has 124 valence electrons. The van der Waals surface area contributed by atoms with Crippen molar-refractivity contribution in [3.8, 4) is 0 Å². The molecule has 0 saturated heterocycles. The summed E-state index contributed by atoms with van der Waals surface area (Å²) in [4.78, 5) is 8.78. The maximum absolute atomic E-state index is 5.91. The molecular formula is C16H35N5. The van der Waals surface area contributed by atoms with E-state index >= 15 is 0 Å². The van der Waals surface area contributed by atoms with Crippen molar-refractivity contribution < 1.29 is 0 Å². The predicted molar refractivity (Wildman–Crippen MR) is 93.5 cm³/mol. The lowest BCUT2D eigenvalue weighted by Gasteiger charge is -2.29. The fraction of sp³-hybridized carbons (Fsp3) is 0.875. The molecule has 0 aromatic rings. The Morgan fingerprint density at radius 1 is 0.952 bits per heavy atom. The van der Waals surface area contributed by atoms with E-state index in [1.807, 2.05) is 0 Å². The normalized spacial score (nSPS) is 14.4. The minimum atomic E-state index is -0.225. The highest BCUT2D eigenvalue weighted by atomic mass is 15.2. The molecule has 0 unspecified atom stereocenters. The molecule has 0 aliphatic rings. The Labute approximate surface area is 130 Å². The summed E-state index contributed by atoms with van der Waals surface area (Å²) < 4.78 is 0. The maximum atomic E-state index is 5.91. The molecule has 5 heteroatoms. The van der Waals surface area contributed by atoms with Crippen LogP contribution in [-0.4, -0.2) is 24.0 Å². The minimum Gasteiger partial charge on any atom is -0.370 e. The Kier molecular flexibility index (Phi) is 8.37. The lowest BCUT2D eigenvalue weighted by molar-refractivity contribution is 0.288. The van der Waals surface area contributed by atoms with E-state index in [-0.39, 0.29) is 11.0 Å². The smallest absolute Gasteiger partial charge is 0.195 e. The van der Waals surface area contributed by atoms with Gasteiger partial charge in [0.2, 0.25) is 0 Å². The van der Waals surface area contributed by atoms with Gasteiger partial charge in [-0.1, -0.05) is 47.0 Å². The van der Waals surface area contributed by atoms with Crippen LogP contribution in [0.25, 0.3) is 0 Å². The molecule has 0 aliphatic heterocycles. The number of hydrogen-bond acceptors (Lipinski definition) is 2. The van der Waals surface area contributed by atoms with Crippen molar-refractivity contribution >= 4 is 11.9 Å². The first kappa shape index (κ1) is 19.7. The van der Waals surface area contributed by atoms with Crippen LogP contribution in [0.15, 0.2) is 9.98 Å². The van der Waals surface area contributed by atoms with Gasteiger partial charge in [-0.05, 0) is 32.1 Å². The Bertz CT molecular complexity index is 350. The summed E-state index contributed by atoms with van der Waals surface area (Å²) in [7, 11) is 0. The summed E-state index contributed by atoms with van der Waals surface area (Å²) in [6, 6.07) is 0. The highest BCUT2D eigenvalue weighted by molar-refractivity contribution is 5.97. The van der Waals surface area contributed by atoms with Crippen LogP contribution >= 0.6 is 0 Å². The average Bonchev–Trinajstić information content (AvgIpc) is 2.23. The Morgan fingerprint density at radius 2 is 1.57 bits per heavy atom. The zero-order valence-electron chi connectivity index (χ0n) is 14.8. The summed E-state index contributed by atoms with van der Waals surface area (Å²) in [5.41, 5.74) is 11.7. The van der Waals surface area contributed by atoms with E-state index in [0.29, 0.717) is 11.9 Å². The van der Waals surface area contributed by atoms with Gasteiger partial charge in [0.05, 0.1) is 5.54 Å². The molecule has 0 atom stereocenters. The molecule has 5 N–H and O–H groups in total. The molecular weight excluding hydrogens is 262 g/mol. The topological polar surface area (TPSA) is 88.8 Å². The molecule has 0 rings (SSSR count). The van der Waals surface area contributed by atoms with Crippen molar-refractivity contribution in [1.82, 2.24) is 5.32 Å². The van der Waals surface area contributed by atoms with E-state index in [9.17, 15) is 0 Å². The van der Waals surface area contributed by atoms with Gasteiger partial charge in [0, 0.05) is 6.54 Å². The highest BCUT2D eigenvalue weighted by Gasteiger charge is 2.25. The van der Waals surface area contributed by atoms with Crippen molar-refractivity contribution in [2.75, 3.05) is 6.54 Å².